The van der Waals surface area contributed by atoms with Gasteiger partial charge >= 0.3 is 0 Å². The van der Waals surface area contributed by atoms with Gasteiger partial charge in [-0.2, -0.15) is 0 Å². The molecule has 0 radical (unpaired) electrons. The summed E-state index contributed by atoms with van der Waals surface area (Å²) in [5, 5.41) is 0. The van der Waals surface area contributed by atoms with Crippen LogP contribution in [0, 0.1) is 0 Å². The first kappa shape index (κ1) is 11.6. The molecular weight excluding hydrogens is 236 g/mol. The highest BCUT2D eigenvalue weighted by Crippen LogP contribution is 2.26. The Bertz CT molecular complexity index is 439. The van der Waals surface area contributed by atoms with Crippen LogP contribution in [0.5, 0.6) is 0 Å². The number of thioether (sulfide) groups is 1. The number of halogens is 1. The van der Waals surface area contributed by atoms with E-state index in [4.69, 9.17) is 11.6 Å². The molecule has 0 aliphatic rings. The summed E-state index contributed by atoms with van der Waals surface area (Å²) < 4.78 is 0. The third-order valence-corrected chi connectivity index (χ3v) is 3.83. The average Bonchev–Trinajstić information content (AvgIpc) is 2.38. The number of benzene rings is 2. The Hall–Kier alpha value is -0.920. The van der Waals surface area contributed by atoms with E-state index in [2.05, 4.69) is 42.5 Å². The summed E-state index contributed by atoms with van der Waals surface area (Å²) in [5.74, 6) is 1.58. The van der Waals surface area contributed by atoms with Gasteiger partial charge in [-0.1, -0.05) is 48.5 Å². The first-order valence-corrected chi connectivity index (χ1v) is 6.73. The monoisotopic (exact) mass is 248 g/mol. The van der Waals surface area contributed by atoms with E-state index in [1.54, 1.807) is 0 Å². The molecule has 0 saturated carbocycles. The van der Waals surface area contributed by atoms with Crippen molar-refractivity contribution in [2.24, 2.45) is 0 Å². The smallest absolute Gasteiger partial charge is 0.0485 e. The SMILES string of the molecule is ClCc1ccccc1SCc1ccccc1. The van der Waals surface area contributed by atoms with Crippen LogP contribution in [0.3, 0.4) is 0 Å². The lowest BCUT2D eigenvalue weighted by atomic mass is 10.2. The van der Waals surface area contributed by atoms with Gasteiger partial charge in [0.1, 0.15) is 0 Å². The third-order valence-electron chi connectivity index (χ3n) is 2.35. The van der Waals surface area contributed by atoms with Crippen LogP contribution in [-0.2, 0) is 11.6 Å². The molecule has 0 amide bonds. The molecular formula is C14H13ClS. The lowest BCUT2D eigenvalue weighted by Crippen LogP contribution is -1.84. The first-order chi connectivity index (χ1) is 7.90. The molecule has 0 nitrogen and oxygen atoms in total. The summed E-state index contributed by atoms with van der Waals surface area (Å²) in [7, 11) is 0. The fourth-order valence-electron chi connectivity index (χ4n) is 1.49. The second-order valence-corrected chi connectivity index (χ2v) is 4.80. The van der Waals surface area contributed by atoms with E-state index in [9.17, 15) is 0 Å². The van der Waals surface area contributed by atoms with E-state index in [-0.39, 0.29) is 0 Å². The number of rotatable bonds is 4. The topological polar surface area (TPSA) is 0 Å². The van der Waals surface area contributed by atoms with Crippen LogP contribution in [0.2, 0.25) is 0 Å². The normalized spacial score (nSPS) is 10.3. The van der Waals surface area contributed by atoms with Crippen LogP contribution in [0.1, 0.15) is 11.1 Å². The summed E-state index contributed by atoms with van der Waals surface area (Å²) in [4.78, 5) is 1.28. The molecule has 0 aromatic heterocycles. The highest BCUT2D eigenvalue weighted by Gasteiger charge is 2.01. The second-order valence-electron chi connectivity index (χ2n) is 3.52. The van der Waals surface area contributed by atoms with Crippen molar-refractivity contribution in [3.63, 3.8) is 0 Å². The molecule has 0 N–H and O–H groups in total. The van der Waals surface area contributed by atoms with Crippen molar-refractivity contribution < 1.29 is 0 Å². The fourth-order valence-corrected chi connectivity index (χ4v) is 2.82. The quantitative estimate of drug-likeness (QED) is 0.557. The molecule has 0 aliphatic carbocycles. The van der Waals surface area contributed by atoms with Crippen molar-refractivity contribution in [2.75, 3.05) is 0 Å². The molecule has 0 heterocycles. The lowest BCUT2D eigenvalue weighted by Gasteiger charge is -2.06. The Morgan fingerprint density at radius 3 is 2.31 bits per heavy atom. The molecule has 2 heteroatoms. The van der Waals surface area contributed by atoms with Crippen LogP contribution in [0.4, 0.5) is 0 Å². The average molecular weight is 249 g/mol. The Kier molecular flexibility index (Phi) is 4.32. The molecule has 0 aliphatic heterocycles. The molecule has 2 aromatic carbocycles. The molecule has 82 valence electrons. The van der Waals surface area contributed by atoms with Gasteiger partial charge in [-0.05, 0) is 17.2 Å². The number of hydrogen-bond acceptors (Lipinski definition) is 1. The van der Waals surface area contributed by atoms with Gasteiger partial charge in [0.25, 0.3) is 0 Å². The van der Waals surface area contributed by atoms with Crippen LogP contribution >= 0.6 is 23.4 Å². The van der Waals surface area contributed by atoms with Gasteiger partial charge in [-0.25, -0.2) is 0 Å². The standard InChI is InChI=1S/C14H13ClS/c15-10-13-8-4-5-9-14(13)16-11-12-6-2-1-3-7-12/h1-9H,10-11H2. The number of alkyl halides is 1. The summed E-state index contributed by atoms with van der Waals surface area (Å²) >= 11 is 7.74. The van der Waals surface area contributed by atoms with Crippen LogP contribution in [0.25, 0.3) is 0 Å². The van der Waals surface area contributed by atoms with Crippen molar-refractivity contribution in [3.05, 3.63) is 65.7 Å². The highest BCUT2D eigenvalue weighted by molar-refractivity contribution is 7.98. The number of hydrogen-bond donors (Lipinski definition) is 0. The zero-order chi connectivity index (χ0) is 11.2. The fraction of sp³-hybridized carbons (Fsp3) is 0.143. The summed E-state index contributed by atoms with van der Waals surface area (Å²) in [6.07, 6.45) is 0. The summed E-state index contributed by atoms with van der Waals surface area (Å²) in [5.41, 5.74) is 2.56. The minimum Gasteiger partial charge on any atom is -0.122 e. The Labute approximate surface area is 106 Å². The third kappa shape index (κ3) is 3.03. The molecule has 16 heavy (non-hydrogen) atoms. The first-order valence-electron chi connectivity index (χ1n) is 5.21. The summed E-state index contributed by atoms with van der Waals surface area (Å²) in [6.45, 7) is 0. The Morgan fingerprint density at radius 2 is 1.56 bits per heavy atom. The van der Waals surface area contributed by atoms with E-state index in [1.165, 1.54) is 16.0 Å². The van der Waals surface area contributed by atoms with Gasteiger partial charge in [-0.15, -0.1) is 23.4 Å². The minimum absolute atomic E-state index is 0.581. The molecule has 0 bridgehead atoms. The van der Waals surface area contributed by atoms with Gasteiger partial charge in [0.2, 0.25) is 0 Å². The van der Waals surface area contributed by atoms with E-state index in [0.717, 1.165) is 5.75 Å². The van der Waals surface area contributed by atoms with Crippen LogP contribution < -0.4 is 0 Å². The predicted molar refractivity (Wildman–Crippen MR) is 72.0 cm³/mol. The van der Waals surface area contributed by atoms with Gasteiger partial charge in [0.05, 0.1) is 0 Å². The zero-order valence-corrected chi connectivity index (χ0v) is 10.5. The van der Waals surface area contributed by atoms with Crippen molar-refractivity contribution in [1.29, 1.82) is 0 Å². The zero-order valence-electron chi connectivity index (χ0n) is 8.90. The van der Waals surface area contributed by atoms with E-state index in [1.807, 2.05) is 23.9 Å². The summed E-state index contributed by atoms with van der Waals surface area (Å²) in [6, 6.07) is 18.8. The second kappa shape index (κ2) is 5.97. The van der Waals surface area contributed by atoms with Crippen LogP contribution in [-0.4, -0.2) is 0 Å². The van der Waals surface area contributed by atoms with Crippen molar-refractivity contribution in [1.82, 2.24) is 0 Å². The molecule has 0 spiro atoms. The van der Waals surface area contributed by atoms with Crippen LogP contribution in [0.15, 0.2) is 59.5 Å². The molecule has 2 rings (SSSR count). The maximum atomic E-state index is 5.90. The van der Waals surface area contributed by atoms with Crippen molar-refractivity contribution in [2.45, 2.75) is 16.5 Å². The largest absolute Gasteiger partial charge is 0.122 e. The van der Waals surface area contributed by atoms with Gasteiger partial charge in [-0.3, -0.25) is 0 Å². The van der Waals surface area contributed by atoms with Gasteiger partial charge in [0.15, 0.2) is 0 Å². The van der Waals surface area contributed by atoms with Crippen molar-refractivity contribution >= 4 is 23.4 Å². The molecule has 0 atom stereocenters. The highest BCUT2D eigenvalue weighted by atomic mass is 35.5. The van der Waals surface area contributed by atoms with E-state index >= 15 is 0 Å². The Morgan fingerprint density at radius 1 is 0.875 bits per heavy atom. The van der Waals surface area contributed by atoms with Gasteiger partial charge in [0, 0.05) is 16.5 Å². The molecule has 0 unspecified atom stereocenters. The lowest BCUT2D eigenvalue weighted by molar-refractivity contribution is 1.25. The predicted octanol–water partition coefficient (Wildman–Crippen LogP) is 4.72. The maximum absolute atomic E-state index is 5.90. The minimum atomic E-state index is 0.581. The van der Waals surface area contributed by atoms with Crippen molar-refractivity contribution in [3.8, 4) is 0 Å². The molecule has 2 aromatic rings. The maximum Gasteiger partial charge on any atom is 0.0485 e. The molecule has 0 saturated heterocycles. The molecule has 0 fully saturated rings. The van der Waals surface area contributed by atoms with E-state index < -0.39 is 0 Å². The van der Waals surface area contributed by atoms with E-state index in [0.29, 0.717) is 5.88 Å². The van der Waals surface area contributed by atoms with Gasteiger partial charge < -0.3 is 0 Å². The Balaban J connectivity index is 2.05.